The van der Waals surface area contributed by atoms with Gasteiger partial charge in [0.2, 0.25) is 0 Å². The van der Waals surface area contributed by atoms with Crippen LogP contribution in [0.1, 0.15) is 6.92 Å². The summed E-state index contributed by atoms with van der Waals surface area (Å²) in [5.74, 6) is 0.548. The van der Waals surface area contributed by atoms with Gasteiger partial charge in [0.1, 0.15) is 5.82 Å². The van der Waals surface area contributed by atoms with Crippen molar-refractivity contribution >= 4 is 15.8 Å². The second-order valence-corrected chi connectivity index (χ2v) is 5.76. The number of ether oxygens (including phenoxy) is 1. The van der Waals surface area contributed by atoms with E-state index in [9.17, 15) is 8.42 Å². The molecule has 2 heterocycles. The molecule has 1 fully saturated rings. The summed E-state index contributed by atoms with van der Waals surface area (Å²) in [6.45, 7) is 4.76. The lowest BCUT2D eigenvalue weighted by Gasteiger charge is -2.26. The van der Waals surface area contributed by atoms with Crippen LogP contribution in [0, 0.1) is 0 Å². The maximum atomic E-state index is 12.2. The van der Waals surface area contributed by atoms with Gasteiger partial charge in [-0.2, -0.15) is 0 Å². The van der Waals surface area contributed by atoms with Crippen LogP contribution in [0.4, 0.5) is 5.82 Å². The van der Waals surface area contributed by atoms with E-state index in [0.29, 0.717) is 38.7 Å². The molecule has 0 atom stereocenters. The zero-order chi connectivity index (χ0) is 13.7. The maximum absolute atomic E-state index is 12.2. The van der Waals surface area contributed by atoms with Gasteiger partial charge in [0.05, 0.1) is 18.1 Å². The molecule has 0 aromatic carbocycles. The van der Waals surface area contributed by atoms with Crippen LogP contribution in [0.3, 0.4) is 0 Å². The van der Waals surface area contributed by atoms with Crippen molar-refractivity contribution in [2.45, 2.75) is 11.8 Å². The van der Waals surface area contributed by atoms with Crippen molar-refractivity contribution in [1.29, 1.82) is 0 Å². The maximum Gasteiger partial charge on any atom is 0.253 e. The topological polar surface area (TPSA) is 83.6 Å². The lowest BCUT2D eigenvalue weighted by molar-refractivity contribution is 0.0272. The first-order valence-electron chi connectivity index (χ1n) is 6.17. The number of nitrogens with one attached hydrogen (secondary N) is 2. The lowest BCUT2D eigenvalue weighted by atomic mass is 10.4. The Balaban J connectivity index is 2.11. The van der Waals surface area contributed by atoms with Gasteiger partial charge in [0, 0.05) is 31.9 Å². The summed E-state index contributed by atoms with van der Waals surface area (Å²) in [6.07, 6.45) is 1.48. The Bertz CT molecular complexity index is 514. The normalized spacial score (nSPS) is 17.3. The first kappa shape index (κ1) is 14.2. The Kier molecular flexibility index (Phi) is 4.70. The number of pyridine rings is 1. The van der Waals surface area contributed by atoms with Gasteiger partial charge < -0.3 is 10.1 Å². The van der Waals surface area contributed by atoms with Crippen LogP contribution in [0.15, 0.2) is 23.2 Å². The zero-order valence-electron chi connectivity index (χ0n) is 10.8. The summed E-state index contributed by atoms with van der Waals surface area (Å²) >= 11 is 0. The SMILES string of the molecule is CCNc1cc(S(=O)(=O)NN2CCOCC2)ccn1. The van der Waals surface area contributed by atoms with Crippen LogP contribution in [0.2, 0.25) is 0 Å². The Morgan fingerprint density at radius 3 is 2.84 bits per heavy atom. The first-order chi connectivity index (χ1) is 9.12. The van der Waals surface area contributed by atoms with Crippen molar-refractivity contribution in [2.75, 3.05) is 38.2 Å². The summed E-state index contributed by atoms with van der Waals surface area (Å²) in [6, 6.07) is 3.00. The van der Waals surface area contributed by atoms with Crippen molar-refractivity contribution in [1.82, 2.24) is 14.8 Å². The fraction of sp³-hybridized carbons (Fsp3) is 0.545. The predicted molar refractivity (Wildman–Crippen MR) is 71.1 cm³/mol. The van der Waals surface area contributed by atoms with Crippen LogP contribution in [0.25, 0.3) is 0 Å². The van der Waals surface area contributed by atoms with Crippen LogP contribution < -0.4 is 10.1 Å². The minimum Gasteiger partial charge on any atom is -0.379 e. The highest BCUT2D eigenvalue weighted by molar-refractivity contribution is 7.89. The van der Waals surface area contributed by atoms with Gasteiger partial charge in [0.15, 0.2) is 0 Å². The van der Waals surface area contributed by atoms with Gasteiger partial charge in [0.25, 0.3) is 10.0 Å². The van der Waals surface area contributed by atoms with Crippen molar-refractivity contribution in [3.8, 4) is 0 Å². The van der Waals surface area contributed by atoms with Crippen molar-refractivity contribution < 1.29 is 13.2 Å². The van der Waals surface area contributed by atoms with E-state index in [2.05, 4.69) is 15.1 Å². The van der Waals surface area contributed by atoms with Gasteiger partial charge in [-0.3, -0.25) is 0 Å². The molecule has 1 aromatic heterocycles. The quantitative estimate of drug-likeness (QED) is 0.795. The summed E-state index contributed by atoms with van der Waals surface area (Å²) in [7, 11) is -3.56. The lowest BCUT2D eigenvalue weighted by Crippen LogP contribution is -2.48. The van der Waals surface area contributed by atoms with Crippen molar-refractivity contribution in [2.24, 2.45) is 0 Å². The fourth-order valence-corrected chi connectivity index (χ4v) is 2.87. The summed E-state index contributed by atoms with van der Waals surface area (Å²) in [5.41, 5.74) is 0. The third kappa shape index (κ3) is 3.87. The standard InChI is InChI=1S/C11H18N4O3S/c1-2-12-11-9-10(3-4-13-11)19(16,17)14-15-5-7-18-8-6-15/h3-4,9,14H,2,5-8H2,1H3,(H,12,13). The Hall–Kier alpha value is -1.22. The summed E-state index contributed by atoms with van der Waals surface area (Å²) in [4.78, 5) is 6.80. The Labute approximate surface area is 113 Å². The van der Waals surface area contributed by atoms with Crippen LogP contribution >= 0.6 is 0 Å². The summed E-state index contributed by atoms with van der Waals surface area (Å²) in [5, 5.41) is 4.63. The molecule has 8 heteroatoms. The monoisotopic (exact) mass is 286 g/mol. The molecule has 0 saturated carbocycles. The number of morpholine rings is 1. The van der Waals surface area contributed by atoms with E-state index >= 15 is 0 Å². The van der Waals surface area contributed by atoms with Gasteiger partial charge in [-0.05, 0) is 13.0 Å². The predicted octanol–water partition coefficient (Wildman–Crippen LogP) is 0.0389. The van der Waals surface area contributed by atoms with Gasteiger partial charge in [-0.15, -0.1) is 4.83 Å². The number of hydrogen-bond acceptors (Lipinski definition) is 6. The molecule has 0 radical (unpaired) electrons. The molecular formula is C11H18N4O3S. The largest absolute Gasteiger partial charge is 0.379 e. The fourth-order valence-electron chi connectivity index (χ4n) is 1.73. The highest BCUT2D eigenvalue weighted by Gasteiger charge is 2.20. The Morgan fingerprint density at radius 2 is 2.16 bits per heavy atom. The Morgan fingerprint density at radius 1 is 1.42 bits per heavy atom. The average molecular weight is 286 g/mol. The average Bonchev–Trinajstić information content (AvgIpc) is 2.40. The number of rotatable bonds is 5. The summed E-state index contributed by atoms with van der Waals surface area (Å²) < 4.78 is 29.6. The molecule has 2 N–H and O–H groups in total. The molecule has 1 aliphatic rings. The van der Waals surface area contributed by atoms with E-state index in [1.807, 2.05) is 6.92 Å². The van der Waals surface area contributed by atoms with E-state index in [1.165, 1.54) is 18.3 Å². The first-order valence-corrected chi connectivity index (χ1v) is 7.65. The van der Waals surface area contributed by atoms with Crippen LogP contribution in [0.5, 0.6) is 0 Å². The van der Waals surface area contributed by atoms with E-state index in [1.54, 1.807) is 5.01 Å². The molecule has 1 aromatic rings. The van der Waals surface area contributed by atoms with Crippen LogP contribution in [-0.2, 0) is 14.8 Å². The minimum atomic E-state index is -3.56. The number of sulfonamides is 1. The highest BCUT2D eigenvalue weighted by atomic mass is 32.2. The van der Waals surface area contributed by atoms with Gasteiger partial charge in [-0.1, -0.05) is 0 Å². The second-order valence-electron chi connectivity index (χ2n) is 4.10. The number of nitrogens with zero attached hydrogens (tertiary/aromatic N) is 2. The number of hydrogen-bond donors (Lipinski definition) is 2. The smallest absolute Gasteiger partial charge is 0.253 e. The van der Waals surface area contributed by atoms with Gasteiger partial charge >= 0.3 is 0 Å². The third-order valence-corrected chi connectivity index (χ3v) is 4.03. The van der Waals surface area contributed by atoms with Gasteiger partial charge in [-0.25, -0.2) is 18.4 Å². The highest BCUT2D eigenvalue weighted by Crippen LogP contribution is 2.13. The van der Waals surface area contributed by atoms with Crippen LogP contribution in [-0.4, -0.2) is 51.3 Å². The molecule has 0 spiro atoms. The van der Waals surface area contributed by atoms with Crippen molar-refractivity contribution in [3.05, 3.63) is 18.3 Å². The minimum absolute atomic E-state index is 0.199. The molecule has 0 unspecified atom stereocenters. The molecule has 0 amide bonds. The number of aromatic nitrogens is 1. The molecule has 106 valence electrons. The zero-order valence-corrected chi connectivity index (χ0v) is 11.6. The molecule has 19 heavy (non-hydrogen) atoms. The van der Waals surface area contributed by atoms with E-state index in [4.69, 9.17) is 4.74 Å². The van der Waals surface area contributed by atoms with E-state index in [-0.39, 0.29) is 4.90 Å². The van der Waals surface area contributed by atoms with E-state index < -0.39 is 10.0 Å². The molecule has 0 bridgehead atoms. The number of anilines is 1. The molecule has 1 aliphatic heterocycles. The van der Waals surface area contributed by atoms with Crippen molar-refractivity contribution in [3.63, 3.8) is 0 Å². The molecule has 7 nitrogen and oxygen atoms in total. The molecule has 2 rings (SSSR count). The van der Waals surface area contributed by atoms with E-state index in [0.717, 1.165) is 0 Å². The molecule has 0 aliphatic carbocycles. The number of hydrazine groups is 1. The molecular weight excluding hydrogens is 268 g/mol. The third-order valence-electron chi connectivity index (χ3n) is 2.66. The second kappa shape index (κ2) is 6.29. The molecule has 1 saturated heterocycles.